The lowest BCUT2D eigenvalue weighted by molar-refractivity contribution is -0.123. The SMILES string of the molecule is CCN(CCO)CC(=O)N[C@@H]1c2ccccc2C[C@H]1NC(=O)c1cc2cc(Cl)sc2[nH]1. The first-order valence-electron chi connectivity index (χ1n) is 10.3. The molecule has 0 unspecified atom stereocenters. The highest BCUT2D eigenvalue weighted by Crippen LogP contribution is 2.32. The zero-order valence-electron chi connectivity index (χ0n) is 17.2. The zero-order valence-corrected chi connectivity index (χ0v) is 18.7. The number of hydrogen-bond acceptors (Lipinski definition) is 5. The second kappa shape index (κ2) is 9.40. The summed E-state index contributed by atoms with van der Waals surface area (Å²) in [5.41, 5.74) is 2.60. The highest BCUT2D eigenvalue weighted by atomic mass is 35.5. The number of fused-ring (bicyclic) bond motifs is 2. The van der Waals surface area contributed by atoms with E-state index in [0.29, 0.717) is 29.5 Å². The molecule has 2 aromatic heterocycles. The number of rotatable bonds is 8. The first-order chi connectivity index (χ1) is 15.0. The molecule has 0 radical (unpaired) electrons. The van der Waals surface area contributed by atoms with Gasteiger partial charge in [-0.2, -0.15) is 0 Å². The van der Waals surface area contributed by atoms with Gasteiger partial charge in [0.05, 0.1) is 29.6 Å². The van der Waals surface area contributed by atoms with Gasteiger partial charge in [0.15, 0.2) is 0 Å². The molecule has 0 fully saturated rings. The van der Waals surface area contributed by atoms with Gasteiger partial charge < -0.3 is 20.7 Å². The Bertz CT molecular complexity index is 1060. The van der Waals surface area contributed by atoms with E-state index < -0.39 is 0 Å². The van der Waals surface area contributed by atoms with Crippen LogP contribution < -0.4 is 10.6 Å². The van der Waals surface area contributed by atoms with E-state index in [-0.39, 0.29) is 37.0 Å². The smallest absolute Gasteiger partial charge is 0.268 e. The molecule has 4 rings (SSSR count). The van der Waals surface area contributed by atoms with Crippen LogP contribution in [0.15, 0.2) is 36.4 Å². The van der Waals surface area contributed by atoms with Crippen LogP contribution in [0.25, 0.3) is 10.2 Å². The third-order valence-corrected chi connectivity index (χ3v) is 6.81. The summed E-state index contributed by atoms with van der Waals surface area (Å²) >= 11 is 7.41. The van der Waals surface area contributed by atoms with Crippen LogP contribution in [0.1, 0.15) is 34.6 Å². The van der Waals surface area contributed by atoms with E-state index in [0.717, 1.165) is 21.3 Å². The molecule has 1 aliphatic rings. The first-order valence-corrected chi connectivity index (χ1v) is 11.5. The number of aromatic nitrogens is 1. The average Bonchev–Trinajstić information content (AvgIpc) is 3.39. The van der Waals surface area contributed by atoms with E-state index in [9.17, 15) is 9.59 Å². The molecular formula is C22H25ClN4O3S. The number of halogens is 1. The predicted molar refractivity (Wildman–Crippen MR) is 123 cm³/mol. The van der Waals surface area contributed by atoms with Crippen molar-refractivity contribution in [2.75, 3.05) is 26.2 Å². The monoisotopic (exact) mass is 460 g/mol. The fourth-order valence-electron chi connectivity index (χ4n) is 4.08. The van der Waals surface area contributed by atoms with Crippen LogP contribution in [0.4, 0.5) is 0 Å². The molecule has 0 saturated carbocycles. The quantitative estimate of drug-likeness (QED) is 0.415. The Hall–Kier alpha value is -2.39. The Morgan fingerprint density at radius 3 is 2.84 bits per heavy atom. The first kappa shape index (κ1) is 21.8. The van der Waals surface area contributed by atoms with Crippen molar-refractivity contribution >= 4 is 45.0 Å². The molecule has 4 N–H and O–H groups in total. The Balaban J connectivity index is 1.49. The van der Waals surface area contributed by atoms with Crippen molar-refractivity contribution in [3.05, 3.63) is 57.6 Å². The van der Waals surface area contributed by atoms with Gasteiger partial charge in [-0.1, -0.05) is 42.8 Å². The van der Waals surface area contributed by atoms with Crippen LogP contribution in [-0.2, 0) is 11.2 Å². The third-order valence-electron chi connectivity index (χ3n) is 5.62. The number of likely N-dealkylation sites (N-methyl/N-ethyl adjacent to an activating group) is 1. The van der Waals surface area contributed by atoms with Crippen molar-refractivity contribution in [2.45, 2.75) is 25.4 Å². The fourth-order valence-corrected chi connectivity index (χ4v) is 5.21. The second-order valence-electron chi connectivity index (χ2n) is 7.64. The molecule has 2 atom stereocenters. The second-order valence-corrected chi connectivity index (χ2v) is 9.32. The number of H-pyrrole nitrogens is 1. The minimum Gasteiger partial charge on any atom is -0.395 e. The number of thiophene rings is 1. The number of benzene rings is 1. The molecule has 9 heteroatoms. The maximum atomic E-state index is 12.9. The Kier molecular flexibility index (Phi) is 6.62. The van der Waals surface area contributed by atoms with Crippen molar-refractivity contribution < 1.29 is 14.7 Å². The Morgan fingerprint density at radius 2 is 2.10 bits per heavy atom. The maximum Gasteiger partial charge on any atom is 0.268 e. The minimum atomic E-state index is -0.314. The normalized spacial score (nSPS) is 17.8. The standard InChI is InChI=1S/C22H25ClN4O3S/c1-2-27(7-8-28)12-19(29)26-20-15-6-4-3-5-13(15)9-16(20)24-21(30)17-10-14-11-18(23)31-22(14)25-17/h3-6,10-11,16,20,25,28H,2,7-9,12H2,1H3,(H,24,30)(H,26,29)/t16-,20-/m1/s1. The molecule has 3 aromatic rings. The van der Waals surface area contributed by atoms with Crippen LogP contribution in [0.2, 0.25) is 4.34 Å². The summed E-state index contributed by atoms with van der Waals surface area (Å²) in [6.45, 7) is 3.27. The van der Waals surface area contributed by atoms with Crippen LogP contribution >= 0.6 is 22.9 Å². The van der Waals surface area contributed by atoms with Crippen molar-refractivity contribution in [3.8, 4) is 0 Å². The summed E-state index contributed by atoms with van der Waals surface area (Å²) in [6, 6.07) is 11.0. The third kappa shape index (κ3) is 4.77. The van der Waals surface area contributed by atoms with E-state index in [4.69, 9.17) is 16.7 Å². The van der Waals surface area contributed by atoms with Crippen molar-refractivity contribution in [1.82, 2.24) is 20.5 Å². The molecule has 0 saturated heterocycles. The number of nitrogens with zero attached hydrogens (tertiary/aromatic N) is 1. The lowest BCUT2D eigenvalue weighted by Crippen LogP contribution is -2.47. The molecule has 1 aliphatic carbocycles. The summed E-state index contributed by atoms with van der Waals surface area (Å²) in [5, 5.41) is 16.3. The van der Waals surface area contributed by atoms with Gasteiger partial charge in [-0.05, 0) is 36.2 Å². The zero-order chi connectivity index (χ0) is 22.0. The number of aliphatic hydroxyl groups excluding tert-OH is 1. The molecule has 2 heterocycles. The summed E-state index contributed by atoms with van der Waals surface area (Å²) in [6.07, 6.45) is 0.641. The fraction of sp³-hybridized carbons (Fsp3) is 0.364. The highest BCUT2D eigenvalue weighted by Gasteiger charge is 2.35. The summed E-state index contributed by atoms with van der Waals surface area (Å²) in [5.74, 6) is -0.349. The molecule has 1 aromatic carbocycles. The van der Waals surface area contributed by atoms with E-state index in [2.05, 4.69) is 15.6 Å². The lowest BCUT2D eigenvalue weighted by Gasteiger charge is -2.25. The molecule has 0 aliphatic heterocycles. The predicted octanol–water partition coefficient (Wildman–Crippen LogP) is 2.71. The lowest BCUT2D eigenvalue weighted by atomic mass is 10.1. The number of hydrogen-bond donors (Lipinski definition) is 4. The number of carbonyl (C=O) groups excluding carboxylic acids is 2. The largest absolute Gasteiger partial charge is 0.395 e. The van der Waals surface area contributed by atoms with Gasteiger partial charge in [0.25, 0.3) is 5.91 Å². The van der Waals surface area contributed by atoms with E-state index in [1.54, 1.807) is 6.07 Å². The maximum absolute atomic E-state index is 12.9. The van der Waals surface area contributed by atoms with Gasteiger partial charge in [-0.15, -0.1) is 11.3 Å². The summed E-state index contributed by atoms with van der Waals surface area (Å²) in [7, 11) is 0. The van der Waals surface area contributed by atoms with E-state index in [1.807, 2.05) is 42.2 Å². The van der Waals surface area contributed by atoms with Crippen LogP contribution in [0.5, 0.6) is 0 Å². The minimum absolute atomic E-state index is 0.00484. The van der Waals surface area contributed by atoms with Crippen molar-refractivity contribution in [3.63, 3.8) is 0 Å². The van der Waals surface area contributed by atoms with Gasteiger partial charge in [0.1, 0.15) is 10.5 Å². The van der Waals surface area contributed by atoms with Crippen LogP contribution in [-0.4, -0.2) is 59.1 Å². The molecule has 0 spiro atoms. The van der Waals surface area contributed by atoms with Gasteiger partial charge in [-0.3, -0.25) is 14.5 Å². The topological polar surface area (TPSA) is 97.5 Å². The molecule has 164 valence electrons. The molecule has 0 bridgehead atoms. The molecular weight excluding hydrogens is 436 g/mol. The number of aromatic amines is 1. The summed E-state index contributed by atoms with van der Waals surface area (Å²) < 4.78 is 0.671. The van der Waals surface area contributed by atoms with E-state index in [1.165, 1.54) is 11.3 Å². The van der Waals surface area contributed by atoms with Crippen LogP contribution in [0.3, 0.4) is 0 Å². The highest BCUT2D eigenvalue weighted by molar-refractivity contribution is 7.22. The average molecular weight is 461 g/mol. The summed E-state index contributed by atoms with van der Waals surface area (Å²) in [4.78, 5) is 31.5. The van der Waals surface area contributed by atoms with Crippen molar-refractivity contribution in [2.24, 2.45) is 0 Å². The molecule has 2 amide bonds. The molecule has 31 heavy (non-hydrogen) atoms. The van der Waals surface area contributed by atoms with E-state index >= 15 is 0 Å². The Labute approximate surface area is 189 Å². The van der Waals surface area contributed by atoms with Gasteiger partial charge in [0.2, 0.25) is 5.91 Å². The van der Waals surface area contributed by atoms with Gasteiger partial charge in [0, 0.05) is 11.9 Å². The molecule has 7 nitrogen and oxygen atoms in total. The number of amides is 2. The van der Waals surface area contributed by atoms with Crippen molar-refractivity contribution in [1.29, 1.82) is 0 Å². The van der Waals surface area contributed by atoms with Crippen LogP contribution in [0, 0.1) is 0 Å². The number of aliphatic hydroxyl groups is 1. The van der Waals surface area contributed by atoms with Gasteiger partial charge >= 0.3 is 0 Å². The number of carbonyl (C=O) groups is 2. The van der Waals surface area contributed by atoms with Gasteiger partial charge in [-0.25, -0.2) is 0 Å². The Morgan fingerprint density at radius 1 is 1.29 bits per heavy atom. The number of nitrogens with one attached hydrogen (secondary N) is 3.